The molecule has 1 heterocycles. The molecular formula is C16H34N2O. The van der Waals surface area contributed by atoms with Gasteiger partial charge in [-0.25, -0.2) is 0 Å². The summed E-state index contributed by atoms with van der Waals surface area (Å²) >= 11 is 0. The highest BCUT2D eigenvalue weighted by atomic mass is 16.5. The van der Waals surface area contributed by atoms with Crippen LogP contribution in [0.3, 0.4) is 0 Å². The summed E-state index contributed by atoms with van der Waals surface area (Å²) in [5.74, 6) is 0. The van der Waals surface area contributed by atoms with Crippen molar-refractivity contribution in [2.24, 2.45) is 5.73 Å². The Kier molecular flexibility index (Phi) is 7.33. The normalized spacial score (nSPS) is 28.3. The number of morpholine rings is 1. The van der Waals surface area contributed by atoms with Gasteiger partial charge in [0.15, 0.2) is 0 Å². The number of unbranched alkanes of at least 4 members (excludes halogenated alkanes) is 4. The Labute approximate surface area is 119 Å². The van der Waals surface area contributed by atoms with Gasteiger partial charge in [0.1, 0.15) is 0 Å². The van der Waals surface area contributed by atoms with E-state index in [0.717, 1.165) is 19.6 Å². The van der Waals surface area contributed by atoms with E-state index in [9.17, 15) is 0 Å². The Morgan fingerprint density at radius 2 is 1.68 bits per heavy atom. The van der Waals surface area contributed by atoms with E-state index in [1.165, 1.54) is 38.5 Å². The number of ether oxygens (including phenoxy) is 1. The lowest BCUT2D eigenvalue weighted by Crippen LogP contribution is -2.59. The Balaban J connectivity index is 2.43. The van der Waals surface area contributed by atoms with Crippen LogP contribution >= 0.6 is 0 Å². The molecule has 1 fully saturated rings. The van der Waals surface area contributed by atoms with Crippen LogP contribution in [-0.4, -0.2) is 42.3 Å². The van der Waals surface area contributed by atoms with Crippen LogP contribution in [0.15, 0.2) is 0 Å². The summed E-state index contributed by atoms with van der Waals surface area (Å²) in [6.45, 7) is 11.7. The quantitative estimate of drug-likeness (QED) is 0.689. The number of hydrogen-bond donors (Lipinski definition) is 1. The van der Waals surface area contributed by atoms with Crippen molar-refractivity contribution in [2.45, 2.75) is 84.0 Å². The SMILES string of the molecule is CCCCCCCC(C)(CN)N1CC(C)OC(C)C1. The molecule has 1 aliphatic rings. The summed E-state index contributed by atoms with van der Waals surface area (Å²) in [7, 11) is 0. The summed E-state index contributed by atoms with van der Waals surface area (Å²) < 4.78 is 5.83. The predicted molar refractivity (Wildman–Crippen MR) is 82.4 cm³/mol. The average molecular weight is 270 g/mol. The monoisotopic (exact) mass is 270 g/mol. The predicted octanol–water partition coefficient (Wildman–Crippen LogP) is 3.17. The standard InChI is InChI=1S/C16H34N2O/c1-5-6-7-8-9-10-16(4,13-17)18-11-14(2)19-15(3)12-18/h14-15H,5-13,17H2,1-4H3. The molecular weight excluding hydrogens is 236 g/mol. The maximum Gasteiger partial charge on any atom is 0.0678 e. The van der Waals surface area contributed by atoms with Crippen molar-refractivity contribution in [3.05, 3.63) is 0 Å². The second-order valence-electron chi connectivity index (χ2n) is 6.53. The molecule has 2 N–H and O–H groups in total. The second kappa shape index (κ2) is 8.23. The molecule has 0 aromatic carbocycles. The molecule has 3 heteroatoms. The van der Waals surface area contributed by atoms with E-state index in [0.29, 0.717) is 12.2 Å². The number of rotatable bonds is 8. The molecule has 19 heavy (non-hydrogen) atoms. The van der Waals surface area contributed by atoms with Crippen LogP contribution in [-0.2, 0) is 4.74 Å². The highest BCUT2D eigenvalue weighted by Gasteiger charge is 2.35. The van der Waals surface area contributed by atoms with Crippen molar-refractivity contribution in [2.75, 3.05) is 19.6 Å². The van der Waals surface area contributed by atoms with Gasteiger partial charge in [-0.2, -0.15) is 0 Å². The van der Waals surface area contributed by atoms with Crippen molar-refractivity contribution in [3.8, 4) is 0 Å². The van der Waals surface area contributed by atoms with Crippen LogP contribution in [0.5, 0.6) is 0 Å². The van der Waals surface area contributed by atoms with Gasteiger partial charge in [-0.3, -0.25) is 4.90 Å². The lowest BCUT2D eigenvalue weighted by Gasteiger charge is -2.46. The molecule has 0 aromatic heterocycles. The maximum atomic E-state index is 6.09. The topological polar surface area (TPSA) is 38.5 Å². The molecule has 0 amide bonds. The average Bonchev–Trinajstić information content (AvgIpc) is 2.37. The third kappa shape index (κ3) is 5.41. The molecule has 1 rings (SSSR count). The first kappa shape index (κ1) is 16.9. The van der Waals surface area contributed by atoms with E-state index in [1.807, 2.05) is 0 Å². The van der Waals surface area contributed by atoms with Crippen LogP contribution in [0.1, 0.15) is 66.2 Å². The second-order valence-corrected chi connectivity index (χ2v) is 6.53. The zero-order valence-corrected chi connectivity index (χ0v) is 13.5. The Morgan fingerprint density at radius 3 is 2.21 bits per heavy atom. The van der Waals surface area contributed by atoms with Gasteiger partial charge in [0, 0.05) is 25.2 Å². The fourth-order valence-electron chi connectivity index (χ4n) is 3.12. The molecule has 1 saturated heterocycles. The molecule has 0 saturated carbocycles. The molecule has 0 aliphatic carbocycles. The number of nitrogens with two attached hydrogens (primary N) is 1. The summed E-state index contributed by atoms with van der Waals surface area (Å²) in [6, 6.07) is 0. The maximum absolute atomic E-state index is 6.09. The zero-order valence-electron chi connectivity index (χ0n) is 13.5. The van der Waals surface area contributed by atoms with Crippen LogP contribution < -0.4 is 5.73 Å². The summed E-state index contributed by atoms with van der Waals surface area (Å²) in [6.07, 6.45) is 8.56. The van der Waals surface area contributed by atoms with Crippen molar-refractivity contribution >= 4 is 0 Å². The number of hydrogen-bond acceptors (Lipinski definition) is 3. The van der Waals surface area contributed by atoms with Gasteiger partial charge in [0.25, 0.3) is 0 Å². The first-order valence-corrected chi connectivity index (χ1v) is 8.12. The number of nitrogens with zero attached hydrogens (tertiary/aromatic N) is 1. The van der Waals surface area contributed by atoms with Crippen LogP contribution in [0.25, 0.3) is 0 Å². The zero-order chi connectivity index (χ0) is 14.3. The lowest BCUT2D eigenvalue weighted by atomic mass is 9.90. The van der Waals surface area contributed by atoms with Crippen molar-refractivity contribution in [1.82, 2.24) is 4.90 Å². The van der Waals surface area contributed by atoms with E-state index in [4.69, 9.17) is 10.5 Å². The molecule has 3 unspecified atom stereocenters. The fraction of sp³-hybridized carbons (Fsp3) is 1.00. The van der Waals surface area contributed by atoms with Crippen molar-refractivity contribution in [3.63, 3.8) is 0 Å². The first-order valence-electron chi connectivity index (χ1n) is 8.12. The van der Waals surface area contributed by atoms with E-state index in [2.05, 4.69) is 32.6 Å². The first-order chi connectivity index (χ1) is 9.01. The molecule has 3 nitrogen and oxygen atoms in total. The molecule has 0 aromatic rings. The highest BCUT2D eigenvalue weighted by Crippen LogP contribution is 2.26. The van der Waals surface area contributed by atoms with Gasteiger partial charge in [0.2, 0.25) is 0 Å². The Morgan fingerprint density at radius 1 is 1.11 bits per heavy atom. The molecule has 114 valence electrons. The van der Waals surface area contributed by atoms with Crippen LogP contribution in [0, 0.1) is 0 Å². The third-order valence-corrected chi connectivity index (χ3v) is 4.44. The van der Waals surface area contributed by atoms with Crippen LogP contribution in [0.4, 0.5) is 0 Å². The fourth-order valence-corrected chi connectivity index (χ4v) is 3.12. The lowest BCUT2D eigenvalue weighted by molar-refractivity contribution is -0.0991. The molecule has 1 aliphatic heterocycles. The smallest absolute Gasteiger partial charge is 0.0678 e. The third-order valence-electron chi connectivity index (χ3n) is 4.44. The minimum Gasteiger partial charge on any atom is -0.373 e. The minimum absolute atomic E-state index is 0.151. The van der Waals surface area contributed by atoms with E-state index >= 15 is 0 Å². The van der Waals surface area contributed by atoms with Gasteiger partial charge in [-0.1, -0.05) is 39.0 Å². The minimum atomic E-state index is 0.151. The molecule has 3 atom stereocenters. The van der Waals surface area contributed by atoms with E-state index in [1.54, 1.807) is 0 Å². The van der Waals surface area contributed by atoms with Gasteiger partial charge in [0.05, 0.1) is 12.2 Å². The van der Waals surface area contributed by atoms with Crippen molar-refractivity contribution < 1.29 is 4.74 Å². The van der Waals surface area contributed by atoms with Gasteiger partial charge in [-0.15, -0.1) is 0 Å². The molecule has 0 radical (unpaired) electrons. The summed E-state index contributed by atoms with van der Waals surface area (Å²) in [4.78, 5) is 2.56. The van der Waals surface area contributed by atoms with E-state index < -0.39 is 0 Å². The molecule has 0 bridgehead atoms. The van der Waals surface area contributed by atoms with Crippen LogP contribution in [0.2, 0.25) is 0 Å². The Hall–Kier alpha value is -0.120. The van der Waals surface area contributed by atoms with E-state index in [-0.39, 0.29) is 5.54 Å². The largest absolute Gasteiger partial charge is 0.373 e. The highest BCUT2D eigenvalue weighted by molar-refractivity contribution is 4.91. The van der Waals surface area contributed by atoms with Gasteiger partial charge in [-0.05, 0) is 27.2 Å². The van der Waals surface area contributed by atoms with Gasteiger partial charge < -0.3 is 10.5 Å². The Bertz CT molecular complexity index is 237. The van der Waals surface area contributed by atoms with Crippen molar-refractivity contribution in [1.29, 1.82) is 0 Å². The van der Waals surface area contributed by atoms with Gasteiger partial charge >= 0.3 is 0 Å². The summed E-state index contributed by atoms with van der Waals surface area (Å²) in [5.41, 5.74) is 6.24. The molecule has 0 spiro atoms. The summed E-state index contributed by atoms with van der Waals surface area (Å²) in [5, 5.41) is 0.